The van der Waals surface area contributed by atoms with Crippen LogP contribution < -0.4 is 10.1 Å². The number of benzene rings is 1. The number of para-hydroxylation sites is 1. The van der Waals surface area contributed by atoms with Crippen molar-refractivity contribution in [1.29, 1.82) is 0 Å². The maximum atomic E-state index is 5.47. The molecule has 1 unspecified atom stereocenters. The Bertz CT molecular complexity index is 685. The minimum atomic E-state index is 0.281. The average molecular weight is 375 g/mol. The molecular formula is C20H30N4OS. The Morgan fingerprint density at radius 1 is 1.19 bits per heavy atom. The molecule has 5 nitrogen and oxygen atoms in total. The summed E-state index contributed by atoms with van der Waals surface area (Å²) in [7, 11) is 7.97. The predicted molar refractivity (Wildman–Crippen MR) is 111 cm³/mol. The Morgan fingerprint density at radius 3 is 2.58 bits per heavy atom. The molecule has 0 aliphatic rings. The summed E-state index contributed by atoms with van der Waals surface area (Å²) in [4.78, 5) is 10.6. The molecule has 0 fully saturated rings. The van der Waals surface area contributed by atoms with Crippen molar-refractivity contribution in [3.8, 4) is 5.75 Å². The van der Waals surface area contributed by atoms with Crippen LogP contribution in [0, 0.1) is 0 Å². The van der Waals surface area contributed by atoms with E-state index in [1.165, 1.54) is 4.88 Å². The molecule has 0 spiro atoms. The van der Waals surface area contributed by atoms with Gasteiger partial charge in [0.05, 0.1) is 19.7 Å². The second-order valence-corrected chi connectivity index (χ2v) is 7.34. The number of nitrogens with one attached hydrogen (secondary N) is 1. The molecule has 142 valence electrons. The number of guanidine groups is 1. The number of nitrogens with zero attached hydrogens (tertiary/aromatic N) is 3. The largest absolute Gasteiger partial charge is 0.496 e. The predicted octanol–water partition coefficient (Wildman–Crippen LogP) is 3.46. The van der Waals surface area contributed by atoms with E-state index in [4.69, 9.17) is 9.73 Å². The van der Waals surface area contributed by atoms with E-state index in [2.05, 4.69) is 66.8 Å². The standard InChI is InChI=1S/C20H30N4OS/c1-6-21-20(22-14-17(23(2)3)19-12-9-13-26-19)24(4)15-16-10-7-8-11-18(16)25-5/h7-13,17H,6,14-15H2,1-5H3,(H,21,22). The lowest BCUT2D eigenvalue weighted by molar-refractivity contribution is 0.309. The molecular weight excluding hydrogens is 344 g/mol. The van der Waals surface area contributed by atoms with Crippen molar-refractivity contribution in [1.82, 2.24) is 15.1 Å². The third-order valence-corrected chi connectivity index (χ3v) is 5.18. The first-order valence-corrected chi connectivity index (χ1v) is 9.76. The first-order chi connectivity index (χ1) is 12.6. The quantitative estimate of drug-likeness (QED) is 0.567. The maximum absolute atomic E-state index is 5.47. The van der Waals surface area contributed by atoms with E-state index < -0.39 is 0 Å². The van der Waals surface area contributed by atoms with E-state index in [9.17, 15) is 0 Å². The van der Waals surface area contributed by atoms with Crippen LogP contribution in [0.4, 0.5) is 0 Å². The Hall–Kier alpha value is -2.05. The summed E-state index contributed by atoms with van der Waals surface area (Å²) in [5, 5.41) is 5.52. The van der Waals surface area contributed by atoms with Crippen LogP contribution >= 0.6 is 11.3 Å². The molecule has 0 saturated carbocycles. The van der Waals surface area contributed by atoms with Crippen molar-refractivity contribution in [3.05, 3.63) is 52.2 Å². The van der Waals surface area contributed by atoms with Gasteiger partial charge in [-0.05, 0) is 38.5 Å². The normalized spacial score (nSPS) is 12.9. The molecule has 6 heteroatoms. The van der Waals surface area contributed by atoms with Crippen LogP contribution in [0.3, 0.4) is 0 Å². The van der Waals surface area contributed by atoms with Crippen molar-refractivity contribution < 1.29 is 4.74 Å². The van der Waals surface area contributed by atoms with E-state index in [-0.39, 0.29) is 6.04 Å². The fourth-order valence-electron chi connectivity index (χ4n) is 2.80. The van der Waals surface area contributed by atoms with Gasteiger partial charge in [0.2, 0.25) is 0 Å². The van der Waals surface area contributed by atoms with Gasteiger partial charge in [-0.15, -0.1) is 11.3 Å². The van der Waals surface area contributed by atoms with Gasteiger partial charge in [0.25, 0.3) is 0 Å². The summed E-state index contributed by atoms with van der Waals surface area (Å²) in [5.41, 5.74) is 1.14. The first kappa shape index (κ1) is 20.3. The molecule has 0 saturated heterocycles. The van der Waals surface area contributed by atoms with Crippen LogP contribution in [0.5, 0.6) is 5.75 Å². The number of likely N-dealkylation sites (N-methyl/N-ethyl adjacent to an activating group) is 1. The van der Waals surface area contributed by atoms with Gasteiger partial charge in [0.15, 0.2) is 5.96 Å². The molecule has 2 aromatic rings. The van der Waals surface area contributed by atoms with Crippen LogP contribution in [0.15, 0.2) is 46.8 Å². The Labute approximate surface area is 161 Å². The molecule has 1 heterocycles. The summed E-state index contributed by atoms with van der Waals surface area (Å²) in [6.45, 7) is 4.38. The van der Waals surface area contributed by atoms with Crippen molar-refractivity contribution in [2.75, 3.05) is 41.3 Å². The Balaban J connectivity index is 2.14. The lowest BCUT2D eigenvalue weighted by Crippen LogP contribution is -2.39. The van der Waals surface area contributed by atoms with Crippen LogP contribution in [0.2, 0.25) is 0 Å². The molecule has 0 aliphatic carbocycles. The van der Waals surface area contributed by atoms with Crippen molar-refractivity contribution >= 4 is 17.3 Å². The number of aliphatic imine (C=N–C) groups is 1. The Kier molecular flexibility index (Phi) is 7.94. The Morgan fingerprint density at radius 2 is 1.96 bits per heavy atom. The lowest BCUT2D eigenvalue weighted by Gasteiger charge is -2.25. The fourth-order valence-corrected chi connectivity index (χ4v) is 3.71. The lowest BCUT2D eigenvalue weighted by atomic mass is 10.2. The number of thiophene rings is 1. The highest BCUT2D eigenvalue weighted by atomic mass is 32.1. The first-order valence-electron chi connectivity index (χ1n) is 8.88. The van der Waals surface area contributed by atoms with Crippen molar-refractivity contribution in [2.24, 2.45) is 4.99 Å². The molecule has 1 atom stereocenters. The summed E-state index contributed by atoms with van der Waals surface area (Å²) in [6, 6.07) is 12.7. The summed E-state index contributed by atoms with van der Waals surface area (Å²) >= 11 is 1.78. The average Bonchev–Trinajstić information content (AvgIpc) is 3.15. The molecule has 0 radical (unpaired) electrons. The summed E-state index contributed by atoms with van der Waals surface area (Å²) < 4.78 is 5.47. The molecule has 0 bridgehead atoms. The van der Waals surface area contributed by atoms with Gasteiger partial charge in [0.1, 0.15) is 5.75 Å². The van der Waals surface area contributed by atoms with Gasteiger partial charge in [-0.3, -0.25) is 4.99 Å². The molecule has 0 aliphatic heterocycles. The monoisotopic (exact) mass is 374 g/mol. The minimum Gasteiger partial charge on any atom is -0.496 e. The second-order valence-electron chi connectivity index (χ2n) is 6.36. The number of methoxy groups -OCH3 is 1. The van der Waals surface area contributed by atoms with Gasteiger partial charge < -0.3 is 19.9 Å². The third kappa shape index (κ3) is 5.47. The molecule has 1 aromatic heterocycles. The topological polar surface area (TPSA) is 40.1 Å². The van der Waals surface area contributed by atoms with E-state index in [1.807, 2.05) is 18.2 Å². The number of ether oxygens (including phenoxy) is 1. The summed E-state index contributed by atoms with van der Waals surface area (Å²) in [6.07, 6.45) is 0. The zero-order valence-electron chi connectivity index (χ0n) is 16.4. The zero-order chi connectivity index (χ0) is 18.9. The van der Waals surface area contributed by atoms with Gasteiger partial charge in [-0.25, -0.2) is 0 Å². The number of hydrogen-bond acceptors (Lipinski definition) is 4. The van der Waals surface area contributed by atoms with Gasteiger partial charge in [-0.1, -0.05) is 24.3 Å². The fraction of sp³-hybridized carbons (Fsp3) is 0.450. The van der Waals surface area contributed by atoms with Crippen LogP contribution in [-0.2, 0) is 6.54 Å². The van der Waals surface area contributed by atoms with Crippen LogP contribution in [0.25, 0.3) is 0 Å². The van der Waals surface area contributed by atoms with Gasteiger partial charge >= 0.3 is 0 Å². The molecule has 2 rings (SSSR count). The van der Waals surface area contributed by atoms with E-state index in [0.29, 0.717) is 6.54 Å². The third-order valence-electron chi connectivity index (χ3n) is 4.21. The number of hydrogen-bond donors (Lipinski definition) is 1. The molecule has 26 heavy (non-hydrogen) atoms. The van der Waals surface area contributed by atoms with Gasteiger partial charge in [-0.2, -0.15) is 0 Å². The van der Waals surface area contributed by atoms with Crippen LogP contribution in [-0.4, -0.2) is 57.1 Å². The van der Waals surface area contributed by atoms with Gasteiger partial charge in [0, 0.05) is 30.6 Å². The maximum Gasteiger partial charge on any atom is 0.194 e. The molecule has 0 amide bonds. The van der Waals surface area contributed by atoms with Crippen molar-refractivity contribution in [2.45, 2.75) is 19.5 Å². The highest BCUT2D eigenvalue weighted by Gasteiger charge is 2.16. The second kappa shape index (κ2) is 10.2. The van der Waals surface area contributed by atoms with Crippen molar-refractivity contribution in [3.63, 3.8) is 0 Å². The zero-order valence-corrected chi connectivity index (χ0v) is 17.2. The molecule has 1 N–H and O–H groups in total. The molecule has 1 aromatic carbocycles. The number of rotatable bonds is 8. The highest BCUT2D eigenvalue weighted by molar-refractivity contribution is 7.10. The van der Waals surface area contributed by atoms with E-state index in [1.54, 1.807) is 18.4 Å². The highest BCUT2D eigenvalue weighted by Crippen LogP contribution is 2.23. The van der Waals surface area contributed by atoms with E-state index in [0.717, 1.165) is 30.4 Å². The van der Waals surface area contributed by atoms with Crippen LogP contribution in [0.1, 0.15) is 23.4 Å². The van der Waals surface area contributed by atoms with E-state index >= 15 is 0 Å². The SMILES string of the molecule is CCNC(=NCC(c1cccs1)N(C)C)N(C)Cc1ccccc1OC. The summed E-state index contributed by atoms with van der Waals surface area (Å²) in [5.74, 6) is 1.81. The smallest absolute Gasteiger partial charge is 0.194 e. The minimum absolute atomic E-state index is 0.281.